The van der Waals surface area contributed by atoms with E-state index in [0.29, 0.717) is 18.2 Å². The number of rotatable bonds is 2. The Kier molecular flexibility index (Phi) is 2.96. The quantitative estimate of drug-likeness (QED) is 0.690. The first-order valence-corrected chi connectivity index (χ1v) is 4.90. The highest BCUT2D eigenvalue weighted by atomic mass is 16.2. The van der Waals surface area contributed by atoms with Gasteiger partial charge in [0.25, 0.3) is 0 Å². The zero-order chi connectivity index (χ0) is 10.1. The van der Waals surface area contributed by atoms with E-state index >= 15 is 0 Å². The number of nitrogens with zero attached hydrogens (tertiary/aromatic N) is 1. The second-order valence-corrected chi connectivity index (χ2v) is 4.80. The van der Waals surface area contributed by atoms with Gasteiger partial charge in [-0.15, -0.1) is 0 Å². The minimum absolute atomic E-state index is 0.0143. The summed E-state index contributed by atoms with van der Waals surface area (Å²) in [5.74, 6) is 0.796. The molecule has 0 aromatic heterocycles. The lowest BCUT2D eigenvalue weighted by Gasteiger charge is -2.32. The van der Waals surface area contributed by atoms with Crippen LogP contribution in [-0.4, -0.2) is 36.5 Å². The number of carbonyl (C=O) groups is 1. The van der Waals surface area contributed by atoms with Gasteiger partial charge in [0.1, 0.15) is 0 Å². The first-order chi connectivity index (χ1) is 5.95. The van der Waals surface area contributed by atoms with Crippen LogP contribution in [0.5, 0.6) is 0 Å². The van der Waals surface area contributed by atoms with Gasteiger partial charge in [0.2, 0.25) is 5.91 Å². The van der Waals surface area contributed by atoms with Crippen molar-refractivity contribution in [2.24, 2.45) is 5.92 Å². The number of likely N-dealkylation sites (tertiary alicyclic amines) is 1. The monoisotopic (exact) mass is 184 g/mol. The van der Waals surface area contributed by atoms with Gasteiger partial charge in [0.15, 0.2) is 0 Å². The molecule has 1 saturated heterocycles. The van der Waals surface area contributed by atoms with Gasteiger partial charge in [-0.3, -0.25) is 4.79 Å². The van der Waals surface area contributed by atoms with Gasteiger partial charge in [0.05, 0.1) is 0 Å². The fourth-order valence-electron chi connectivity index (χ4n) is 1.86. The summed E-state index contributed by atoms with van der Waals surface area (Å²) in [6.07, 6.45) is 0.706. The summed E-state index contributed by atoms with van der Waals surface area (Å²) in [7, 11) is 1.93. The summed E-state index contributed by atoms with van der Waals surface area (Å²) >= 11 is 0. The Hall–Kier alpha value is -0.570. The molecule has 0 aromatic rings. The van der Waals surface area contributed by atoms with Crippen LogP contribution in [0.15, 0.2) is 0 Å². The van der Waals surface area contributed by atoms with Crippen molar-refractivity contribution in [3.63, 3.8) is 0 Å². The number of nitrogens with one attached hydrogen (secondary N) is 1. The van der Waals surface area contributed by atoms with E-state index in [2.05, 4.69) is 26.1 Å². The highest BCUT2D eigenvalue weighted by molar-refractivity contribution is 5.79. The van der Waals surface area contributed by atoms with E-state index in [1.54, 1.807) is 0 Å². The van der Waals surface area contributed by atoms with Crippen molar-refractivity contribution in [2.45, 2.75) is 32.7 Å². The molecule has 3 nitrogen and oxygen atoms in total. The van der Waals surface area contributed by atoms with Crippen LogP contribution in [-0.2, 0) is 4.79 Å². The topological polar surface area (TPSA) is 32.3 Å². The molecular weight excluding hydrogens is 164 g/mol. The van der Waals surface area contributed by atoms with Gasteiger partial charge in [-0.05, 0) is 40.3 Å². The van der Waals surface area contributed by atoms with E-state index in [-0.39, 0.29) is 5.54 Å². The molecule has 1 N–H and O–H groups in total. The lowest BCUT2D eigenvalue weighted by Crippen LogP contribution is -2.42. The third-order valence-corrected chi connectivity index (χ3v) is 2.51. The SMILES string of the molecule is CNC[C@@H]1CC(=O)N(C(C)(C)C)C1. The van der Waals surface area contributed by atoms with Gasteiger partial charge in [-0.1, -0.05) is 0 Å². The lowest BCUT2D eigenvalue weighted by molar-refractivity contribution is -0.131. The van der Waals surface area contributed by atoms with Crippen molar-refractivity contribution >= 4 is 5.91 Å². The van der Waals surface area contributed by atoms with E-state index in [9.17, 15) is 4.79 Å². The summed E-state index contributed by atoms with van der Waals surface area (Å²) in [5, 5.41) is 3.12. The number of hydrogen-bond donors (Lipinski definition) is 1. The smallest absolute Gasteiger partial charge is 0.223 e. The van der Waals surface area contributed by atoms with Crippen LogP contribution in [0.2, 0.25) is 0 Å². The van der Waals surface area contributed by atoms with Crippen LogP contribution < -0.4 is 5.32 Å². The van der Waals surface area contributed by atoms with Gasteiger partial charge in [-0.2, -0.15) is 0 Å². The minimum Gasteiger partial charge on any atom is -0.338 e. The summed E-state index contributed by atoms with van der Waals surface area (Å²) in [4.78, 5) is 13.6. The molecule has 1 heterocycles. The first-order valence-electron chi connectivity index (χ1n) is 4.90. The van der Waals surface area contributed by atoms with E-state index in [0.717, 1.165) is 13.1 Å². The fraction of sp³-hybridized carbons (Fsp3) is 0.900. The van der Waals surface area contributed by atoms with Crippen LogP contribution in [0.3, 0.4) is 0 Å². The zero-order valence-corrected chi connectivity index (χ0v) is 9.05. The summed E-state index contributed by atoms with van der Waals surface area (Å²) in [5.41, 5.74) is -0.0143. The number of hydrogen-bond acceptors (Lipinski definition) is 2. The van der Waals surface area contributed by atoms with Gasteiger partial charge in [0, 0.05) is 18.5 Å². The molecule has 3 heteroatoms. The molecule has 1 fully saturated rings. The molecule has 1 amide bonds. The molecule has 0 unspecified atom stereocenters. The number of carbonyl (C=O) groups excluding carboxylic acids is 1. The lowest BCUT2D eigenvalue weighted by atomic mass is 10.1. The van der Waals surface area contributed by atoms with Gasteiger partial charge >= 0.3 is 0 Å². The third-order valence-electron chi connectivity index (χ3n) is 2.51. The molecule has 1 rings (SSSR count). The van der Waals surface area contributed by atoms with Gasteiger partial charge < -0.3 is 10.2 Å². The largest absolute Gasteiger partial charge is 0.338 e. The molecule has 0 radical (unpaired) electrons. The summed E-state index contributed by atoms with van der Waals surface area (Å²) in [6.45, 7) is 8.12. The average Bonchev–Trinajstić information content (AvgIpc) is 2.30. The Morgan fingerprint density at radius 2 is 2.15 bits per heavy atom. The second kappa shape index (κ2) is 3.66. The Morgan fingerprint density at radius 3 is 2.54 bits per heavy atom. The zero-order valence-electron chi connectivity index (χ0n) is 9.05. The first kappa shape index (κ1) is 10.5. The normalized spacial score (nSPS) is 24.2. The Labute approximate surface area is 80.5 Å². The van der Waals surface area contributed by atoms with Gasteiger partial charge in [-0.25, -0.2) is 0 Å². The summed E-state index contributed by atoms with van der Waals surface area (Å²) in [6, 6.07) is 0. The number of amides is 1. The molecule has 0 aromatic carbocycles. The predicted molar refractivity (Wildman–Crippen MR) is 53.5 cm³/mol. The highest BCUT2D eigenvalue weighted by Gasteiger charge is 2.35. The van der Waals surface area contributed by atoms with Crippen molar-refractivity contribution < 1.29 is 4.79 Å². The Morgan fingerprint density at radius 1 is 1.54 bits per heavy atom. The Balaban J connectivity index is 2.57. The molecule has 0 aliphatic carbocycles. The highest BCUT2D eigenvalue weighted by Crippen LogP contribution is 2.24. The second-order valence-electron chi connectivity index (χ2n) is 4.80. The van der Waals surface area contributed by atoms with Crippen LogP contribution >= 0.6 is 0 Å². The molecule has 76 valence electrons. The minimum atomic E-state index is -0.0143. The van der Waals surface area contributed by atoms with Crippen LogP contribution in [0.1, 0.15) is 27.2 Å². The summed E-state index contributed by atoms with van der Waals surface area (Å²) < 4.78 is 0. The Bertz CT molecular complexity index is 196. The van der Waals surface area contributed by atoms with E-state index in [4.69, 9.17) is 0 Å². The molecule has 0 saturated carbocycles. The van der Waals surface area contributed by atoms with Crippen molar-refractivity contribution in [3.05, 3.63) is 0 Å². The van der Waals surface area contributed by atoms with E-state index in [1.807, 2.05) is 11.9 Å². The van der Waals surface area contributed by atoms with Crippen molar-refractivity contribution in [1.29, 1.82) is 0 Å². The molecule has 1 aliphatic rings. The molecule has 0 spiro atoms. The maximum Gasteiger partial charge on any atom is 0.223 e. The average molecular weight is 184 g/mol. The van der Waals surface area contributed by atoms with Crippen molar-refractivity contribution in [3.8, 4) is 0 Å². The van der Waals surface area contributed by atoms with Crippen LogP contribution in [0, 0.1) is 5.92 Å². The predicted octanol–water partition coefficient (Wildman–Crippen LogP) is 0.853. The molecule has 1 aliphatic heterocycles. The standard InChI is InChI=1S/C10H20N2O/c1-10(2,3)12-7-8(6-11-4)5-9(12)13/h8,11H,5-7H2,1-4H3/t8-/m0/s1. The van der Waals surface area contributed by atoms with Crippen molar-refractivity contribution in [2.75, 3.05) is 20.1 Å². The molecule has 13 heavy (non-hydrogen) atoms. The third kappa shape index (κ3) is 2.44. The van der Waals surface area contributed by atoms with Crippen LogP contribution in [0.25, 0.3) is 0 Å². The maximum absolute atomic E-state index is 11.6. The molecule has 0 bridgehead atoms. The molecule has 1 atom stereocenters. The fourth-order valence-corrected chi connectivity index (χ4v) is 1.86. The van der Waals surface area contributed by atoms with E-state index < -0.39 is 0 Å². The van der Waals surface area contributed by atoms with Crippen molar-refractivity contribution in [1.82, 2.24) is 10.2 Å². The van der Waals surface area contributed by atoms with Crippen LogP contribution in [0.4, 0.5) is 0 Å². The van der Waals surface area contributed by atoms with E-state index in [1.165, 1.54) is 0 Å². The maximum atomic E-state index is 11.6. The molecular formula is C10H20N2O.